The van der Waals surface area contributed by atoms with Crippen LogP contribution in [0.3, 0.4) is 0 Å². The summed E-state index contributed by atoms with van der Waals surface area (Å²) in [7, 11) is 0. The normalized spacial score (nSPS) is 14.0. The highest BCUT2D eigenvalue weighted by Crippen LogP contribution is 2.37. The summed E-state index contributed by atoms with van der Waals surface area (Å²) in [6.45, 7) is 0. The minimum atomic E-state index is 0.231. The van der Waals surface area contributed by atoms with Gasteiger partial charge in [-0.15, -0.1) is 0 Å². The Hall–Kier alpha value is -6.97. The number of hydrogen-bond donors (Lipinski definition) is 0. The topological polar surface area (TPSA) is 31.0 Å². The number of para-hydroxylation sites is 3. The fraction of sp³-hybridized carbons (Fsp3) is 0.0392. The van der Waals surface area contributed by atoms with E-state index in [1.165, 1.54) is 55.0 Å². The van der Waals surface area contributed by atoms with Crippen LogP contribution in [0.4, 0.5) is 0 Å². The molecule has 1 unspecified atom stereocenters. The Labute approximate surface area is 312 Å². The number of fused-ring (bicyclic) bond motifs is 7. The highest BCUT2D eigenvalue weighted by atomic mass is 16.3. The first-order valence-corrected chi connectivity index (χ1v) is 18.6. The summed E-state index contributed by atoms with van der Waals surface area (Å²) in [4.78, 5) is 5.10. The van der Waals surface area contributed by atoms with Gasteiger partial charge in [0.1, 0.15) is 11.0 Å². The molecule has 54 heavy (non-hydrogen) atoms. The van der Waals surface area contributed by atoms with Crippen LogP contribution in [0.1, 0.15) is 17.9 Å². The van der Waals surface area contributed by atoms with Gasteiger partial charge in [-0.3, -0.25) is 0 Å². The summed E-state index contributed by atoms with van der Waals surface area (Å²) in [5.74, 6) is 0.231. The molecule has 7 aromatic carbocycles. The number of hydrogen-bond acceptors (Lipinski definition) is 2. The molecule has 254 valence electrons. The van der Waals surface area contributed by atoms with Gasteiger partial charge < -0.3 is 8.98 Å². The monoisotopic (exact) mass is 690 g/mol. The van der Waals surface area contributed by atoms with Crippen molar-refractivity contribution in [2.24, 2.45) is 0 Å². The molecule has 0 aliphatic heterocycles. The summed E-state index contributed by atoms with van der Waals surface area (Å²) in [5.41, 5.74) is 14.6. The molecule has 0 fully saturated rings. The van der Waals surface area contributed by atoms with E-state index in [1.807, 2.05) is 0 Å². The van der Waals surface area contributed by atoms with Crippen molar-refractivity contribution in [1.82, 2.24) is 9.55 Å². The lowest BCUT2D eigenvalue weighted by molar-refractivity contribution is 0.570. The van der Waals surface area contributed by atoms with Gasteiger partial charge in [0.05, 0.1) is 22.2 Å². The highest BCUT2D eigenvalue weighted by molar-refractivity contribution is 6.09. The van der Waals surface area contributed by atoms with Gasteiger partial charge in [0.25, 0.3) is 0 Å². The maximum absolute atomic E-state index is 6.51. The molecule has 3 heteroatoms. The summed E-state index contributed by atoms with van der Waals surface area (Å²) in [6.07, 6.45) is 5.60. The Balaban J connectivity index is 0.997. The Morgan fingerprint density at radius 2 is 1.24 bits per heavy atom. The van der Waals surface area contributed by atoms with Gasteiger partial charge in [-0.05, 0) is 88.8 Å². The van der Waals surface area contributed by atoms with Crippen molar-refractivity contribution < 1.29 is 4.42 Å². The van der Waals surface area contributed by atoms with E-state index in [0.29, 0.717) is 0 Å². The summed E-state index contributed by atoms with van der Waals surface area (Å²) >= 11 is 0. The Bertz CT molecular complexity index is 3170. The van der Waals surface area contributed by atoms with E-state index in [-0.39, 0.29) is 5.92 Å². The summed E-state index contributed by atoms with van der Waals surface area (Å²) in [6, 6.07) is 62.9. The zero-order valence-electron chi connectivity index (χ0n) is 29.5. The first-order chi connectivity index (χ1) is 26.8. The minimum absolute atomic E-state index is 0.231. The van der Waals surface area contributed by atoms with Crippen LogP contribution in [0.2, 0.25) is 0 Å². The molecule has 0 amide bonds. The molecule has 3 nitrogen and oxygen atoms in total. The Morgan fingerprint density at radius 1 is 0.537 bits per heavy atom. The second-order valence-electron chi connectivity index (χ2n) is 14.3. The molecule has 3 heterocycles. The van der Waals surface area contributed by atoms with E-state index < -0.39 is 0 Å². The van der Waals surface area contributed by atoms with Crippen molar-refractivity contribution in [3.05, 3.63) is 192 Å². The zero-order valence-corrected chi connectivity index (χ0v) is 29.5. The smallest absolute Gasteiger partial charge is 0.136 e. The van der Waals surface area contributed by atoms with Crippen LogP contribution in [0.15, 0.2) is 180 Å². The van der Waals surface area contributed by atoms with Crippen molar-refractivity contribution in [3.63, 3.8) is 0 Å². The predicted molar refractivity (Wildman–Crippen MR) is 224 cm³/mol. The predicted octanol–water partition coefficient (Wildman–Crippen LogP) is 11.8. The molecule has 1 atom stereocenters. The van der Waals surface area contributed by atoms with Gasteiger partial charge in [0.2, 0.25) is 0 Å². The largest absolute Gasteiger partial charge is 0.456 e. The lowest BCUT2D eigenvalue weighted by atomic mass is 9.89. The molecule has 3 aromatic heterocycles. The maximum atomic E-state index is 6.51. The Kier molecular flexibility index (Phi) is 6.99. The number of benzene rings is 7. The lowest BCUT2D eigenvalue weighted by Crippen LogP contribution is -2.25. The third-order valence-corrected chi connectivity index (χ3v) is 11.1. The van der Waals surface area contributed by atoms with E-state index in [2.05, 4.69) is 193 Å². The molecular formula is C51H34N2O. The molecule has 0 radical (unpaired) electrons. The number of furan rings is 1. The van der Waals surface area contributed by atoms with Gasteiger partial charge in [0.15, 0.2) is 0 Å². The zero-order chi connectivity index (χ0) is 35.6. The number of pyridine rings is 1. The van der Waals surface area contributed by atoms with Crippen molar-refractivity contribution in [3.8, 4) is 39.2 Å². The molecular weight excluding hydrogens is 657 g/mol. The van der Waals surface area contributed by atoms with Gasteiger partial charge in [0, 0.05) is 43.9 Å². The number of rotatable bonds is 5. The number of nitrogens with zero attached hydrogens (tertiary/aromatic N) is 2. The van der Waals surface area contributed by atoms with E-state index in [4.69, 9.17) is 9.40 Å². The van der Waals surface area contributed by atoms with Crippen LogP contribution in [0, 0.1) is 0 Å². The Morgan fingerprint density at radius 3 is 2.09 bits per heavy atom. The lowest BCUT2D eigenvalue weighted by Gasteiger charge is -2.14. The fourth-order valence-electron chi connectivity index (χ4n) is 8.56. The van der Waals surface area contributed by atoms with Crippen LogP contribution >= 0.6 is 0 Å². The molecule has 10 aromatic rings. The van der Waals surface area contributed by atoms with Crippen molar-refractivity contribution in [2.75, 3.05) is 0 Å². The summed E-state index contributed by atoms with van der Waals surface area (Å²) < 4.78 is 8.88. The molecule has 1 aliphatic carbocycles. The van der Waals surface area contributed by atoms with Gasteiger partial charge in [-0.2, -0.15) is 0 Å². The van der Waals surface area contributed by atoms with Crippen molar-refractivity contribution in [2.45, 2.75) is 12.3 Å². The molecule has 0 N–H and O–H groups in total. The van der Waals surface area contributed by atoms with Gasteiger partial charge >= 0.3 is 0 Å². The van der Waals surface area contributed by atoms with Crippen molar-refractivity contribution >= 4 is 55.8 Å². The first kappa shape index (κ1) is 30.6. The number of aromatic nitrogens is 2. The van der Waals surface area contributed by atoms with Crippen LogP contribution in [0.5, 0.6) is 0 Å². The second-order valence-corrected chi connectivity index (χ2v) is 14.3. The molecule has 0 bridgehead atoms. The van der Waals surface area contributed by atoms with E-state index in [9.17, 15) is 0 Å². The van der Waals surface area contributed by atoms with E-state index >= 15 is 0 Å². The third-order valence-electron chi connectivity index (χ3n) is 11.1. The highest BCUT2D eigenvalue weighted by Gasteiger charge is 2.19. The standard InChI is InChI=1S/C51H34N2O/c1-3-12-33(13-4-1)42-32-46(52-45-19-9-7-16-40(42)45)35-24-22-34(23-25-35)39-18-11-21-50-51(39)44-31-37(27-29-49(44)54-50)36-26-28-48-43(30-36)41-17-8-10-20-47(41)53(48)38-14-5-2-6-15-38/h1-26,28-32,37H,27H2. The average molecular weight is 691 g/mol. The van der Waals surface area contributed by atoms with Gasteiger partial charge in [-0.1, -0.05) is 133 Å². The van der Waals surface area contributed by atoms with Crippen LogP contribution in [-0.4, -0.2) is 9.55 Å². The van der Waals surface area contributed by atoms with Gasteiger partial charge in [-0.25, -0.2) is 4.98 Å². The molecule has 11 rings (SSSR count). The average Bonchev–Trinajstić information content (AvgIpc) is 3.79. The van der Waals surface area contributed by atoms with E-state index in [0.717, 1.165) is 50.5 Å². The summed E-state index contributed by atoms with van der Waals surface area (Å²) in [5, 5.41) is 6.05. The molecule has 1 aliphatic rings. The SMILES string of the molecule is C1=c2oc3cccc(-c4ccc(-c5cc(-c6ccccc6)c6ccccc6n5)cc4)c3c2=CC(c2ccc3c(c2)c2ccccc2n3-c2ccccc2)C1. The molecule has 0 saturated heterocycles. The van der Waals surface area contributed by atoms with Crippen LogP contribution in [-0.2, 0) is 0 Å². The third kappa shape index (κ3) is 4.93. The first-order valence-electron chi connectivity index (χ1n) is 18.6. The minimum Gasteiger partial charge on any atom is -0.456 e. The second kappa shape index (κ2) is 12.3. The van der Waals surface area contributed by atoms with Crippen LogP contribution < -0.4 is 10.6 Å². The molecule has 0 spiro atoms. The maximum Gasteiger partial charge on any atom is 0.136 e. The van der Waals surface area contributed by atoms with Crippen molar-refractivity contribution in [1.29, 1.82) is 0 Å². The fourth-order valence-corrected chi connectivity index (χ4v) is 8.56. The quantitative estimate of drug-likeness (QED) is 0.180. The van der Waals surface area contributed by atoms with E-state index in [1.54, 1.807) is 0 Å². The molecule has 0 saturated carbocycles. The van der Waals surface area contributed by atoms with Crippen LogP contribution in [0.25, 0.3) is 95.0 Å².